The molecule has 0 saturated carbocycles. The molecule has 0 saturated heterocycles. The third-order valence-electron chi connectivity index (χ3n) is 4.41. The lowest BCUT2D eigenvalue weighted by Crippen LogP contribution is -2.48. The molecule has 2 amide bonds. The van der Waals surface area contributed by atoms with E-state index in [1.54, 1.807) is 38.1 Å². The molecule has 0 aliphatic rings. The van der Waals surface area contributed by atoms with Crippen molar-refractivity contribution in [2.24, 2.45) is 11.0 Å². The lowest BCUT2D eigenvalue weighted by molar-refractivity contribution is -0.384. The van der Waals surface area contributed by atoms with Crippen molar-refractivity contribution in [1.82, 2.24) is 10.7 Å². The minimum absolute atomic E-state index is 0.0701. The average molecular weight is 456 g/mol. The Labute approximate surface area is 189 Å². The average Bonchev–Trinajstić information content (AvgIpc) is 2.81. The van der Waals surface area contributed by atoms with E-state index in [0.29, 0.717) is 11.3 Å². The summed E-state index contributed by atoms with van der Waals surface area (Å²) in [6.45, 7) is 3.28. The third kappa shape index (κ3) is 7.73. The van der Waals surface area contributed by atoms with E-state index in [9.17, 15) is 24.5 Å². The van der Waals surface area contributed by atoms with Crippen molar-refractivity contribution in [1.29, 1.82) is 0 Å². The van der Waals surface area contributed by atoms with Gasteiger partial charge in [-0.2, -0.15) is 5.10 Å². The zero-order chi connectivity index (χ0) is 24.4. The van der Waals surface area contributed by atoms with Gasteiger partial charge in [-0.05, 0) is 41.8 Å². The number of nitro groups is 1. The van der Waals surface area contributed by atoms with Crippen LogP contribution in [0.15, 0.2) is 53.6 Å². The second-order valence-corrected chi connectivity index (χ2v) is 7.17. The maximum Gasteiger partial charge on any atom is 0.343 e. The normalized spacial score (nSPS) is 11.6. The monoisotopic (exact) mass is 456 g/mol. The Bertz CT molecular complexity index is 1040. The highest BCUT2D eigenvalue weighted by molar-refractivity contribution is 5.98. The van der Waals surface area contributed by atoms with Gasteiger partial charge in [-0.1, -0.05) is 19.9 Å². The van der Waals surface area contributed by atoms with Gasteiger partial charge in [0.05, 0.1) is 18.2 Å². The standard InChI is InChI=1S/C22H24N4O7/c1-14(2)20(24-21(28)16-5-4-6-17(11-16)26(30)31)22(29)25-23-12-15-7-9-18(10-8-15)33-13-19(27)32-3/h4-12,14,20H,13H2,1-3H3,(H,24,28)(H,25,29)/b23-12-/t20-/m0/s1. The van der Waals surface area contributed by atoms with E-state index >= 15 is 0 Å². The minimum Gasteiger partial charge on any atom is -0.482 e. The number of carbonyl (C=O) groups excluding carboxylic acids is 3. The van der Waals surface area contributed by atoms with Crippen LogP contribution in [-0.4, -0.2) is 48.7 Å². The van der Waals surface area contributed by atoms with Crippen molar-refractivity contribution in [3.8, 4) is 5.75 Å². The smallest absolute Gasteiger partial charge is 0.343 e. The van der Waals surface area contributed by atoms with Crippen LogP contribution in [0.5, 0.6) is 5.75 Å². The van der Waals surface area contributed by atoms with Crippen LogP contribution in [0.1, 0.15) is 29.8 Å². The molecular weight excluding hydrogens is 432 g/mol. The molecule has 2 rings (SSSR count). The van der Waals surface area contributed by atoms with Crippen molar-refractivity contribution in [3.63, 3.8) is 0 Å². The van der Waals surface area contributed by atoms with Crippen LogP contribution in [0.3, 0.4) is 0 Å². The van der Waals surface area contributed by atoms with Crippen LogP contribution in [0.25, 0.3) is 0 Å². The van der Waals surface area contributed by atoms with E-state index in [0.717, 1.165) is 6.07 Å². The summed E-state index contributed by atoms with van der Waals surface area (Å²) >= 11 is 0. The van der Waals surface area contributed by atoms with Gasteiger partial charge in [0.1, 0.15) is 11.8 Å². The summed E-state index contributed by atoms with van der Waals surface area (Å²) in [5.41, 5.74) is 2.88. The number of nitrogens with one attached hydrogen (secondary N) is 2. The van der Waals surface area contributed by atoms with Crippen molar-refractivity contribution in [2.45, 2.75) is 19.9 Å². The quantitative estimate of drug-likeness (QED) is 0.240. The first-order chi connectivity index (χ1) is 15.7. The number of ether oxygens (including phenoxy) is 2. The molecule has 0 aliphatic carbocycles. The molecule has 0 bridgehead atoms. The van der Waals surface area contributed by atoms with Gasteiger partial charge in [-0.15, -0.1) is 0 Å². The van der Waals surface area contributed by atoms with Crippen LogP contribution >= 0.6 is 0 Å². The van der Waals surface area contributed by atoms with E-state index in [-0.39, 0.29) is 23.8 Å². The second-order valence-electron chi connectivity index (χ2n) is 7.17. The molecule has 0 aromatic heterocycles. The van der Waals surface area contributed by atoms with Crippen LogP contribution in [-0.2, 0) is 14.3 Å². The lowest BCUT2D eigenvalue weighted by atomic mass is 10.0. The Balaban J connectivity index is 1.96. The Kier molecular flexibility index (Phi) is 9.04. The summed E-state index contributed by atoms with van der Waals surface area (Å²) in [4.78, 5) is 46.4. The number of carbonyl (C=O) groups is 3. The highest BCUT2D eigenvalue weighted by Gasteiger charge is 2.25. The SMILES string of the molecule is COC(=O)COc1ccc(/C=N\NC(=O)[C@@H](NC(=O)c2cccc([N+](=O)[O-])c2)C(C)C)cc1. The number of hydrogen-bond donors (Lipinski definition) is 2. The second kappa shape index (κ2) is 11.9. The number of methoxy groups -OCH3 is 1. The van der Waals surface area contributed by atoms with Gasteiger partial charge in [0.25, 0.3) is 17.5 Å². The molecule has 1 atom stereocenters. The lowest BCUT2D eigenvalue weighted by Gasteiger charge is -2.20. The van der Waals surface area contributed by atoms with E-state index < -0.39 is 28.7 Å². The molecule has 0 unspecified atom stereocenters. The predicted octanol–water partition coefficient (Wildman–Crippen LogP) is 2.05. The van der Waals surface area contributed by atoms with Crippen LogP contribution in [0.4, 0.5) is 5.69 Å². The number of rotatable bonds is 10. The van der Waals surface area contributed by atoms with Gasteiger partial charge in [0, 0.05) is 17.7 Å². The summed E-state index contributed by atoms with van der Waals surface area (Å²) in [6.07, 6.45) is 1.40. The van der Waals surface area contributed by atoms with Gasteiger partial charge in [0.15, 0.2) is 6.61 Å². The summed E-state index contributed by atoms with van der Waals surface area (Å²) < 4.78 is 9.73. The van der Waals surface area contributed by atoms with E-state index in [1.807, 2.05) is 0 Å². The topological polar surface area (TPSA) is 149 Å². The highest BCUT2D eigenvalue weighted by atomic mass is 16.6. The molecule has 0 fully saturated rings. The van der Waals surface area contributed by atoms with Crippen LogP contribution in [0.2, 0.25) is 0 Å². The number of nitrogens with zero attached hydrogens (tertiary/aromatic N) is 2. The van der Waals surface area contributed by atoms with Crippen molar-refractivity contribution in [2.75, 3.05) is 13.7 Å². The first-order valence-electron chi connectivity index (χ1n) is 9.89. The predicted molar refractivity (Wildman–Crippen MR) is 119 cm³/mol. The number of esters is 1. The largest absolute Gasteiger partial charge is 0.482 e. The zero-order valence-electron chi connectivity index (χ0n) is 18.3. The summed E-state index contributed by atoms with van der Waals surface area (Å²) in [7, 11) is 1.27. The Morgan fingerprint density at radius 2 is 1.85 bits per heavy atom. The number of amides is 2. The molecule has 2 N–H and O–H groups in total. The van der Waals surface area contributed by atoms with Gasteiger partial charge in [0.2, 0.25) is 0 Å². The Morgan fingerprint density at radius 3 is 2.45 bits per heavy atom. The molecule has 0 spiro atoms. The fourth-order valence-corrected chi connectivity index (χ4v) is 2.61. The van der Waals surface area contributed by atoms with Crippen LogP contribution < -0.4 is 15.5 Å². The molecule has 0 radical (unpaired) electrons. The number of non-ortho nitro benzene ring substituents is 1. The number of nitro benzene ring substituents is 1. The Morgan fingerprint density at radius 1 is 1.15 bits per heavy atom. The van der Waals surface area contributed by atoms with Crippen molar-refractivity contribution >= 4 is 29.7 Å². The van der Waals surface area contributed by atoms with E-state index in [2.05, 4.69) is 20.6 Å². The molecule has 33 heavy (non-hydrogen) atoms. The minimum atomic E-state index is -0.914. The molecule has 0 aliphatic heterocycles. The van der Waals surface area contributed by atoms with Crippen LogP contribution in [0, 0.1) is 16.0 Å². The molecule has 2 aromatic rings. The first kappa shape index (κ1) is 25.0. The molecule has 0 heterocycles. The maximum absolute atomic E-state index is 12.5. The molecule has 174 valence electrons. The van der Waals surface area contributed by atoms with E-state index in [4.69, 9.17) is 4.74 Å². The molecule has 11 nitrogen and oxygen atoms in total. The maximum atomic E-state index is 12.5. The summed E-state index contributed by atoms with van der Waals surface area (Å²) in [6, 6.07) is 10.9. The first-order valence-corrected chi connectivity index (χ1v) is 9.89. The summed E-state index contributed by atoms with van der Waals surface area (Å²) in [5.74, 6) is -1.46. The van der Waals surface area contributed by atoms with Gasteiger partial charge < -0.3 is 14.8 Å². The summed E-state index contributed by atoms with van der Waals surface area (Å²) in [5, 5.41) is 17.4. The molecule has 2 aromatic carbocycles. The fourth-order valence-electron chi connectivity index (χ4n) is 2.61. The van der Waals surface area contributed by atoms with Crippen molar-refractivity contribution < 1.29 is 28.8 Å². The van der Waals surface area contributed by atoms with Gasteiger partial charge >= 0.3 is 5.97 Å². The number of benzene rings is 2. The number of hydrogen-bond acceptors (Lipinski definition) is 8. The fraction of sp³-hybridized carbons (Fsp3) is 0.273. The van der Waals surface area contributed by atoms with E-state index in [1.165, 1.54) is 31.5 Å². The molecular formula is C22H24N4O7. The Hall–Kier alpha value is -4.28. The van der Waals surface area contributed by atoms with Crippen molar-refractivity contribution in [3.05, 3.63) is 69.8 Å². The molecule has 11 heteroatoms. The number of hydrazone groups is 1. The van der Waals surface area contributed by atoms with Gasteiger partial charge in [-0.3, -0.25) is 19.7 Å². The third-order valence-corrected chi connectivity index (χ3v) is 4.41. The zero-order valence-corrected chi connectivity index (χ0v) is 18.3. The van der Waals surface area contributed by atoms with Gasteiger partial charge in [-0.25, -0.2) is 10.2 Å². The highest BCUT2D eigenvalue weighted by Crippen LogP contribution is 2.14.